The van der Waals surface area contributed by atoms with Crippen molar-refractivity contribution in [3.8, 4) is 0 Å². The van der Waals surface area contributed by atoms with E-state index in [1.54, 1.807) is 0 Å². The van der Waals surface area contributed by atoms with Crippen molar-refractivity contribution in [3.05, 3.63) is 35.4 Å². The molecule has 0 aromatic heterocycles. The molecule has 0 radical (unpaired) electrons. The van der Waals surface area contributed by atoms with Gasteiger partial charge in [0, 0.05) is 6.54 Å². The first-order chi connectivity index (χ1) is 8.66. The van der Waals surface area contributed by atoms with Crippen LogP contribution in [-0.2, 0) is 0 Å². The first-order valence-electron chi connectivity index (χ1n) is 6.40. The Morgan fingerprint density at radius 3 is 2.67 bits per heavy atom. The van der Waals surface area contributed by atoms with Gasteiger partial charge in [-0.2, -0.15) is 0 Å². The number of benzene rings is 1. The minimum atomic E-state index is -0.683. The maximum Gasteiger partial charge on any atom is 0.254 e. The van der Waals surface area contributed by atoms with Crippen molar-refractivity contribution in [2.45, 2.75) is 32.1 Å². The lowest BCUT2D eigenvalue weighted by atomic mass is 9.89. The zero-order valence-electron chi connectivity index (χ0n) is 10.2. The number of hydrogen-bond donors (Lipinski definition) is 1. The number of carbonyl (C=O) groups excluding carboxylic acids is 1. The van der Waals surface area contributed by atoms with Gasteiger partial charge in [0.25, 0.3) is 5.91 Å². The summed E-state index contributed by atoms with van der Waals surface area (Å²) in [5.41, 5.74) is -0.217. The van der Waals surface area contributed by atoms with Crippen LogP contribution in [0, 0.1) is 17.6 Å². The molecular weight excluding hydrogens is 236 g/mol. The molecule has 4 heteroatoms. The maximum atomic E-state index is 13.4. The Labute approximate surface area is 105 Å². The van der Waals surface area contributed by atoms with E-state index in [1.807, 2.05) is 0 Å². The summed E-state index contributed by atoms with van der Waals surface area (Å²) in [5.74, 6) is -1.34. The second-order valence-corrected chi connectivity index (χ2v) is 4.84. The van der Waals surface area contributed by atoms with E-state index in [2.05, 4.69) is 5.32 Å². The Morgan fingerprint density at radius 1 is 1.22 bits per heavy atom. The minimum Gasteiger partial charge on any atom is -0.352 e. The maximum absolute atomic E-state index is 13.4. The molecule has 1 aliphatic carbocycles. The second-order valence-electron chi connectivity index (χ2n) is 4.84. The molecule has 1 fully saturated rings. The number of nitrogens with one attached hydrogen (secondary N) is 1. The quantitative estimate of drug-likeness (QED) is 0.880. The van der Waals surface area contributed by atoms with Gasteiger partial charge in [0.1, 0.15) is 11.6 Å². The summed E-state index contributed by atoms with van der Waals surface area (Å²) in [5, 5.41) is 2.69. The molecule has 1 aliphatic rings. The molecule has 98 valence electrons. The van der Waals surface area contributed by atoms with E-state index in [1.165, 1.54) is 19.3 Å². The molecule has 1 amide bonds. The van der Waals surface area contributed by atoms with Crippen molar-refractivity contribution in [2.75, 3.05) is 6.54 Å². The molecule has 0 heterocycles. The molecule has 0 bridgehead atoms. The van der Waals surface area contributed by atoms with Gasteiger partial charge < -0.3 is 5.32 Å². The smallest absolute Gasteiger partial charge is 0.254 e. The summed E-state index contributed by atoms with van der Waals surface area (Å²) in [6.45, 7) is 0.550. The number of hydrogen-bond acceptors (Lipinski definition) is 1. The van der Waals surface area contributed by atoms with Crippen molar-refractivity contribution in [2.24, 2.45) is 5.92 Å². The van der Waals surface area contributed by atoms with Crippen LogP contribution in [0.4, 0.5) is 8.78 Å². The predicted molar refractivity (Wildman–Crippen MR) is 65.3 cm³/mol. The lowest BCUT2D eigenvalue weighted by Gasteiger charge is -2.21. The third-order valence-electron chi connectivity index (χ3n) is 3.45. The van der Waals surface area contributed by atoms with E-state index < -0.39 is 17.5 Å². The van der Waals surface area contributed by atoms with Crippen molar-refractivity contribution in [1.29, 1.82) is 0 Å². The van der Waals surface area contributed by atoms with Gasteiger partial charge in [-0.05, 0) is 37.0 Å². The number of halogens is 2. The van der Waals surface area contributed by atoms with E-state index in [0.29, 0.717) is 12.5 Å². The molecule has 1 saturated carbocycles. The van der Waals surface area contributed by atoms with Gasteiger partial charge in [0.05, 0.1) is 5.56 Å². The summed E-state index contributed by atoms with van der Waals surface area (Å²) < 4.78 is 26.3. The summed E-state index contributed by atoms with van der Waals surface area (Å²) in [4.78, 5) is 11.7. The first kappa shape index (κ1) is 13.0. The fourth-order valence-electron chi connectivity index (χ4n) is 2.40. The average molecular weight is 253 g/mol. The normalized spacial score (nSPS) is 16.6. The van der Waals surface area contributed by atoms with Crippen molar-refractivity contribution in [1.82, 2.24) is 5.32 Å². The highest BCUT2D eigenvalue weighted by atomic mass is 19.1. The third-order valence-corrected chi connectivity index (χ3v) is 3.45. The highest BCUT2D eigenvalue weighted by Crippen LogP contribution is 2.22. The SMILES string of the molecule is O=C(NCC1CCCCC1)c1cc(F)ccc1F. The van der Waals surface area contributed by atoms with Crippen LogP contribution in [0.1, 0.15) is 42.5 Å². The van der Waals surface area contributed by atoms with Crippen LogP contribution in [0.5, 0.6) is 0 Å². The molecule has 1 N–H and O–H groups in total. The number of rotatable bonds is 3. The molecule has 0 saturated heterocycles. The molecular formula is C14H17F2NO. The first-order valence-corrected chi connectivity index (χ1v) is 6.40. The van der Waals surface area contributed by atoms with E-state index in [0.717, 1.165) is 31.0 Å². The van der Waals surface area contributed by atoms with Crippen molar-refractivity contribution >= 4 is 5.91 Å². The van der Waals surface area contributed by atoms with Gasteiger partial charge >= 0.3 is 0 Å². The van der Waals surface area contributed by atoms with Crippen LogP contribution in [-0.4, -0.2) is 12.5 Å². The number of amides is 1. The lowest BCUT2D eigenvalue weighted by molar-refractivity contribution is 0.0939. The summed E-state index contributed by atoms with van der Waals surface area (Å²) in [7, 11) is 0. The molecule has 0 spiro atoms. The Kier molecular flexibility index (Phi) is 4.28. The molecule has 1 aromatic rings. The summed E-state index contributed by atoms with van der Waals surface area (Å²) >= 11 is 0. The fraction of sp³-hybridized carbons (Fsp3) is 0.500. The highest BCUT2D eigenvalue weighted by Gasteiger charge is 2.17. The van der Waals surface area contributed by atoms with E-state index in [9.17, 15) is 13.6 Å². The average Bonchev–Trinajstić information content (AvgIpc) is 2.40. The molecule has 0 atom stereocenters. The predicted octanol–water partition coefficient (Wildman–Crippen LogP) is 3.27. The monoisotopic (exact) mass is 253 g/mol. The summed E-state index contributed by atoms with van der Waals surface area (Å²) in [6, 6.07) is 2.92. The number of carbonyl (C=O) groups is 1. The van der Waals surface area contributed by atoms with Crippen LogP contribution in [0.25, 0.3) is 0 Å². The molecule has 2 nitrogen and oxygen atoms in total. The van der Waals surface area contributed by atoms with Gasteiger partial charge in [-0.15, -0.1) is 0 Å². The zero-order valence-corrected chi connectivity index (χ0v) is 10.2. The molecule has 2 rings (SSSR count). The molecule has 0 unspecified atom stereocenters. The summed E-state index contributed by atoms with van der Waals surface area (Å²) in [6.07, 6.45) is 5.84. The van der Waals surface area contributed by atoms with Crippen LogP contribution >= 0.6 is 0 Å². The second kappa shape index (κ2) is 5.94. The van der Waals surface area contributed by atoms with Gasteiger partial charge in [-0.25, -0.2) is 8.78 Å². The third kappa shape index (κ3) is 3.28. The highest BCUT2D eigenvalue weighted by molar-refractivity contribution is 5.94. The van der Waals surface area contributed by atoms with Gasteiger partial charge in [0.15, 0.2) is 0 Å². The molecule has 18 heavy (non-hydrogen) atoms. The van der Waals surface area contributed by atoms with Crippen molar-refractivity contribution < 1.29 is 13.6 Å². The van der Waals surface area contributed by atoms with Crippen LogP contribution in [0.2, 0.25) is 0 Å². The van der Waals surface area contributed by atoms with E-state index in [4.69, 9.17) is 0 Å². The fourth-order valence-corrected chi connectivity index (χ4v) is 2.40. The topological polar surface area (TPSA) is 29.1 Å². The lowest BCUT2D eigenvalue weighted by Crippen LogP contribution is -2.30. The van der Waals surface area contributed by atoms with Gasteiger partial charge in [0.2, 0.25) is 0 Å². The molecule has 1 aromatic carbocycles. The Bertz CT molecular complexity index is 428. The Morgan fingerprint density at radius 2 is 1.94 bits per heavy atom. The van der Waals surface area contributed by atoms with Crippen LogP contribution in [0.3, 0.4) is 0 Å². The Hall–Kier alpha value is -1.45. The van der Waals surface area contributed by atoms with Crippen LogP contribution < -0.4 is 5.32 Å². The zero-order chi connectivity index (χ0) is 13.0. The van der Waals surface area contributed by atoms with Gasteiger partial charge in [-0.1, -0.05) is 19.3 Å². The largest absolute Gasteiger partial charge is 0.352 e. The standard InChI is InChI=1S/C14H17F2NO/c15-11-6-7-13(16)12(8-11)14(18)17-9-10-4-2-1-3-5-10/h6-8,10H,1-5,9H2,(H,17,18). The van der Waals surface area contributed by atoms with Gasteiger partial charge in [-0.3, -0.25) is 4.79 Å². The van der Waals surface area contributed by atoms with E-state index >= 15 is 0 Å². The van der Waals surface area contributed by atoms with Crippen LogP contribution in [0.15, 0.2) is 18.2 Å². The van der Waals surface area contributed by atoms with Crippen molar-refractivity contribution in [3.63, 3.8) is 0 Å². The minimum absolute atomic E-state index is 0.217. The Balaban J connectivity index is 1.92. The van der Waals surface area contributed by atoms with E-state index in [-0.39, 0.29) is 5.56 Å². The molecule has 0 aliphatic heterocycles.